The van der Waals surface area contributed by atoms with Gasteiger partial charge in [-0.3, -0.25) is 14.9 Å². The average molecular weight is 423 g/mol. The Morgan fingerprint density at radius 1 is 1.07 bits per heavy atom. The zero-order valence-electron chi connectivity index (χ0n) is 14.8. The monoisotopic (exact) mass is 423 g/mol. The molecule has 2 N–H and O–H groups in total. The summed E-state index contributed by atoms with van der Waals surface area (Å²) in [7, 11) is 0. The normalized spacial score (nSPS) is 11.2. The molecule has 2 amide bonds. The van der Waals surface area contributed by atoms with Crippen molar-refractivity contribution in [1.29, 1.82) is 0 Å². The molecule has 0 aliphatic heterocycles. The van der Waals surface area contributed by atoms with Crippen LogP contribution in [-0.2, 0) is 11.0 Å². The summed E-state index contributed by atoms with van der Waals surface area (Å²) in [6, 6.07) is 8.05. The van der Waals surface area contributed by atoms with Crippen molar-refractivity contribution in [2.24, 2.45) is 0 Å². The van der Waals surface area contributed by atoms with Crippen molar-refractivity contribution >= 4 is 34.0 Å². The van der Waals surface area contributed by atoms with Gasteiger partial charge in [0.05, 0.1) is 11.3 Å². The minimum Gasteiger partial charge on any atom is -0.326 e. The number of thiazole rings is 1. The van der Waals surface area contributed by atoms with Crippen molar-refractivity contribution in [3.63, 3.8) is 0 Å². The second kappa shape index (κ2) is 8.00. The Morgan fingerprint density at radius 3 is 2.48 bits per heavy atom. The van der Waals surface area contributed by atoms with Crippen LogP contribution in [0.1, 0.15) is 22.8 Å². The van der Waals surface area contributed by atoms with E-state index < -0.39 is 23.5 Å². The molecule has 0 aliphatic carbocycles. The Labute approximate surface area is 166 Å². The predicted octanol–water partition coefficient (Wildman–Crippen LogP) is 5.18. The summed E-state index contributed by atoms with van der Waals surface area (Å²) < 4.78 is 52.7. The SMILES string of the molecule is CC(=O)Nc1ccc(-c2csc(NC(=O)c3cccc(C(F)(F)F)c3)n2)c(F)c1. The van der Waals surface area contributed by atoms with Crippen LogP contribution in [0.3, 0.4) is 0 Å². The minimum absolute atomic E-state index is 0.104. The van der Waals surface area contributed by atoms with Gasteiger partial charge < -0.3 is 5.32 Å². The highest BCUT2D eigenvalue weighted by Crippen LogP contribution is 2.31. The van der Waals surface area contributed by atoms with Crippen molar-refractivity contribution in [2.75, 3.05) is 10.6 Å². The largest absolute Gasteiger partial charge is 0.416 e. The van der Waals surface area contributed by atoms with E-state index in [4.69, 9.17) is 0 Å². The Kier molecular flexibility index (Phi) is 5.64. The molecule has 0 atom stereocenters. The van der Waals surface area contributed by atoms with E-state index in [0.29, 0.717) is 0 Å². The Balaban J connectivity index is 1.77. The second-order valence-corrected chi connectivity index (χ2v) is 6.80. The zero-order valence-corrected chi connectivity index (χ0v) is 15.6. The molecule has 2 aromatic carbocycles. The number of anilines is 2. The first kappa shape index (κ1) is 20.5. The van der Waals surface area contributed by atoms with Crippen LogP contribution >= 0.6 is 11.3 Å². The van der Waals surface area contributed by atoms with E-state index in [1.54, 1.807) is 0 Å². The highest BCUT2D eigenvalue weighted by molar-refractivity contribution is 7.14. The molecule has 0 unspecified atom stereocenters. The van der Waals surface area contributed by atoms with Crippen LogP contribution < -0.4 is 10.6 Å². The number of nitrogens with zero attached hydrogens (tertiary/aromatic N) is 1. The summed E-state index contributed by atoms with van der Waals surface area (Å²) in [5.74, 6) is -1.74. The number of amides is 2. The topological polar surface area (TPSA) is 71.1 Å². The lowest BCUT2D eigenvalue weighted by Gasteiger charge is -2.08. The third-order valence-electron chi connectivity index (χ3n) is 3.74. The molecule has 0 fully saturated rings. The Bertz CT molecular complexity index is 1080. The van der Waals surface area contributed by atoms with Gasteiger partial charge in [-0.05, 0) is 36.4 Å². The molecule has 0 saturated heterocycles. The van der Waals surface area contributed by atoms with Crippen LogP contribution in [0.2, 0.25) is 0 Å². The number of benzene rings is 2. The van der Waals surface area contributed by atoms with E-state index in [2.05, 4.69) is 15.6 Å². The average Bonchev–Trinajstić information content (AvgIpc) is 3.09. The molecule has 0 aliphatic rings. The van der Waals surface area contributed by atoms with Crippen molar-refractivity contribution in [1.82, 2.24) is 4.98 Å². The van der Waals surface area contributed by atoms with Crippen LogP contribution in [0.15, 0.2) is 47.8 Å². The number of rotatable bonds is 4. The van der Waals surface area contributed by atoms with Crippen LogP contribution in [-0.4, -0.2) is 16.8 Å². The quantitative estimate of drug-likeness (QED) is 0.568. The molecule has 3 aromatic rings. The van der Waals surface area contributed by atoms with E-state index in [1.807, 2.05) is 0 Å². The summed E-state index contributed by atoms with van der Waals surface area (Å²) in [4.78, 5) is 27.4. The Morgan fingerprint density at radius 2 is 1.83 bits per heavy atom. The highest BCUT2D eigenvalue weighted by atomic mass is 32.1. The maximum atomic E-state index is 14.3. The fraction of sp³-hybridized carbons (Fsp3) is 0.105. The second-order valence-electron chi connectivity index (χ2n) is 5.95. The number of nitrogens with one attached hydrogen (secondary N) is 2. The standard InChI is InChI=1S/C19H13F4N3O2S/c1-10(27)24-13-5-6-14(15(20)8-13)16-9-29-18(25-16)26-17(28)11-3-2-4-12(7-11)19(21,22)23/h2-9H,1H3,(H,24,27)(H,25,26,28). The van der Waals surface area contributed by atoms with Gasteiger partial charge in [0, 0.05) is 29.1 Å². The Hall–Kier alpha value is -3.27. The molecular formula is C19H13F4N3O2S. The smallest absolute Gasteiger partial charge is 0.326 e. The molecule has 1 heterocycles. The van der Waals surface area contributed by atoms with Crippen molar-refractivity contribution in [3.05, 3.63) is 64.8 Å². The number of halogens is 4. The first-order chi connectivity index (χ1) is 13.6. The lowest BCUT2D eigenvalue weighted by atomic mass is 10.1. The summed E-state index contributed by atoms with van der Waals surface area (Å²) >= 11 is 0.999. The van der Waals surface area contributed by atoms with Gasteiger partial charge in [0.2, 0.25) is 5.91 Å². The maximum absolute atomic E-state index is 14.3. The molecular weight excluding hydrogens is 410 g/mol. The van der Waals surface area contributed by atoms with E-state index in [-0.39, 0.29) is 33.5 Å². The first-order valence-corrected chi connectivity index (χ1v) is 9.03. The van der Waals surface area contributed by atoms with Crippen molar-refractivity contribution in [3.8, 4) is 11.3 Å². The van der Waals surface area contributed by atoms with E-state index in [1.165, 1.54) is 30.5 Å². The van der Waals surface area contributed by atoms with Gasteiger partial charge in [-0.25, -0.2) is 9.37 Å². The number of carbonyl (C=O) groups excluding carboxylic acids is 2. The van der Waals surface area contributed by atoms with Gasteiger partial charge in [-0.15, -0.1) is 11.3 Å². The lowest BCUT2D eigenvalue weighted by Crippen LogP contribution is -2.13. The summed E-state index contributed by atoms with van der Waals surface area (Å²) in [5, 5.41) is 6.46. The fourth-order valence-electron chi connectivity index (χ4n) is 2.46. The van der Waals surface area contributed by atoms with Gasteiger partial charge >= 0.3 is 6.18 Å². The maximum Gasteiger partial charge on any atom is 0.416 e. The summed E-state index contributed by atoms with van der Waals surface area (Å²) in [6.45, 7) is 1.30. The van der Waals surface area contributed by atoms with E-state index in [0.717, 1.165) is 35.6 Å². The van der Waals surface area contributed by atoms with Crippen molar-refractivity contribution < 1.29 is 27.2 Å². The van der Waals surface area contributed by atoms with Gasteiger partial charge in [0.15, 0.2) is 5.13 Å². The van der Waals surface area contributed by atoms with Gasteiger partial charge in [0.1, 0.15) is 5.82 Å². The molecule has 10 heteroatoms. The number of carbonyl (C=O) groups is 2. The molecule has 150 valence electrons. The molecule has 5 nitrogen and oxygen atoms in total. The van der Waals surface area contributed by atoms with Gasteiger partial charge in [-0.1, -0.05) is 6.07 Å². The number of hydrogen-bond donors (Lipinski definition) is 2. The van der Waals surface area contributed by atoms with Crippen LogP contribution in [0.25, 0.3) is 11.3 Å². The van der Waals surface area contributed by atoms with E-state index >= 15 is 0 Å². The van der Waals surface area contributed by atoms with E-state index in [9.17, 15) is 27.2 Å². The third kappa shape index (κ3) is 4.96. The van der Waals surface area contributed by atoms with Crippen molar-refractivity contribution in [2.45, 2.75) is 13.1 Å². The number of alkyl halides is 3. The van der Waals surface area contributed by atoms with Crippen LogP contribution in [0.4, 0.5) is 28.4 Å². The molecule has 0 spiro atoms. The molecule has 1 aromatic heterocycles. The molecule has 0 saturated carbocycles. The van der Waals surface area contributed by atoms with Gasteiger partial charge in [-0.2, -0.15) is 13.2 Å². The predicted molar refractivity (Wildman–Crippen MR) is 101 cm³/mol. The number of hydrogen-bond acceptors (Lipinski definition) is 4. The summed E-state index contributed by atoms with van der Waals surface area (Å²) in [5.41, 5.74) is -0.447. The third-order valence-corrected chi connectivity index (χ3v) is 4.50. The van der Waals surface area contributed by atoms with Crippen LogP contribution in [0.5, 0.6) is 0 Å². The van der Waals surface area contributed by atoms with Crippen LogP contribution in [0, 0.1) is 5.82 Å². The molecule has 3 rings (SSSR count). The fourth-order valence-corrected chi connectivity index (χ4v) is 3.17. The molecule has 29 heavy (non-hydrogen) atoms. The van der Waals surface area contributed by atoms with Gasteiger partial charge in [0.25, 0.3) is 5.91 Å². The summed E-state index contributed by atoms with van der Waals surface area (Å²) in [6.07, 6.45) is -4.56. The zero-order chi connectivity index (χ0) is 21.2. The molecule has 0 radical (unpaired) electrons. The lowest BCUT2D eigenvalue weighted by molar-refractivity contribution is -0.137. The molecule has 0 bridgehead atoms. The first-order valence-electron chi connectivity index (χ1n) is 8.15. The number of aromatic nitrogens is 1. The highest BCUT2D eigenvalue weighted by Gasteiger charge is 2.31. The minimum atomic E-state index is -4.56.